The lowest BCUT2D eigenvalue weighted by molar-refractivity contribution is 0.0531. The van der Waals surface area contributed by atoms with Gasteiger partial charge in [0.15, 0.2) is 0 Å². The van der Waals surface area contributed by atoms with Gasteiger partial charge in [-0.25, -0.2) is 0 Å². The lowest BCUT2D eigenvalue weighted by Crippen LogP contribution is -2.30. The van der Waals surface area contributed by atoms with Crippen LogP contribution in [0.1, 0.15) is 56.9 Å². The SMILES string of the molecule is CC(C)C[C@@](O)(c1ccc(C(C)C)cc1)c1ccccn1. The van der Waals surface area contributed by atoms with Crippen LogP contribution in [0.2, 0.25) is 0 Å². The summed E-state index contributed by atoms with van der Waals surface area (Å²) < 4.78 is 0. The summed E-state index contributed by atoms with van der Waals surface area (Å²) in [6.45, 7) is 8.59. The van der Waals surface area contributed by atoms with Crippen LogP contribution in [-0.2, 0) is 5.60 Å². The molecule has 0 bridgehead atoms. The van der Waals surface area contributed by atoms with E-state index in [4.69, 9.17) is 0 Å². The monoisotopic (exact) mass is 283 g/mol. The Morgan fingerprint density at radius 2 is 1.67 bits per heavy atom. The molecule has 1 heterocycles. The number of aliphatic hydroxyl groups is 1. The maximum absolute atomic E-state index is 11.3. The minimum Gasteiger partial charge on any atom is -0.379 e. The fraction of sp³-hybridized carbons (Fsp3) is 0.421. The molecule has 21 heavy (non-hydrogen) atoms. The van der Waals surface area contributed by atoms with Gasteiger partial charge in [-0.15, -0.1) is 0 Å². The zero-order valence-electron chi connectivity index (χ0n) is 13.4. The number of hydrogen-bond acceptors (Lipinski definition) is 2. The van der Waals surface area contributed by atoms with E-state index in [2.05, 4.69) is 44.8 Å². The maximum Gasteiger partial charge on any atom is 0.132 e. The highest BCUT2D eigenvalue weighted by Crippen LogP contribution is 2.35. The molecule has 0 spiro atoms. The Hall–Kier alpha value is -1.67. The van der Waals surface area contributed by atoms with Gasteiger partial charge in [-0.05, 0) is 41.5 Å². The van der Waals surface area contributed by atoms with Gasteiger partial charge in [0, 0.05) is 6.20 Å². The highest BCUT2D eigenvalue weighted by atomic mass is 16.3. The first-order chi connectivity index (χ1) is 9.93. The Morgan fingerprint density at radius 3 is 2.14 bits per heavy atom. The quantitative estimate of drug-likeness (QED) is 0.877. The van der Waals surface area contributed by atoms with Crippen LogP contribution in [0.15, 0.2) is 48.7 Å². The Balaban J connectivity index is 2.45. The lowest BCUT2D eigenvalue weighted by atomic mass is 9.82. The average Bonchev–Trinajstić information content (AvgIpc) is 2.47. The summed E-state index contributed by atoms with van der Waals surface area (Å²) in [4.78, 5) is 4.39. The molecular weight excluding hydrogens is 258 g/mol. The Morgan fingerprint density at radius 1 is 1.00 bits per heavy atom. The van der Waals surface area contributed by atoms with E-state index in [1.807, 2.05) is 30.3 Å². The fourth-order valence-electron chi connectivity index (χ4n) is 2.71. The summed E-state index contributed by atoms with van der Waals surface area (Å²) in [6.07, 6.45) is 2.40. The Bertz CT molecular complexity index is 560. The standard InChI is InChI=1S/C19H25NO/c1-14(2)13-19(21,18-7-5-6-12-20-18)17-10-8-16(9-11-17)15(3)4/h5-12,14-15,21H,13H2,1-4H3/t19-/m1/s1. The maximum atomic E-state index is 11.3. The molecule has 0 fully saturated rings. The predicted molar refractivity (Wildman–Crippen MR) is 87.2 cm³/mol. The van der Waals surface area contributed by atoms with Gasteiger partial charge < -0.3 is 5.11 Å². The Kier molecular flexibility index (Phi) is 4.79. The van der Waals surface area contributed by atoms with Gasteiger partial charge in [-0.2, -0.15) is 0 Å². The van der Waals surface area contributed by atoms with Crippen molar-refractivity contribution in [1.82, 2.24) is 4.98 Å². The molecule has 2 aromatic rings. The molecule has 112 valence electrons. The molecule has 2 rings (SSSR count). The van der Waals surface area contributed by atoms with Crippen molar-refractivity contribution in [2.24, 2.45) is 5.92 Å². The van der Waals surface area contributed by atoms with E-state index in [1.54, 1.807) is 6.20 Å². The van der Waals surface area contributed by atoms with Gasteiger partial charge in [-0.3, -0.25) is 4.98 Å². The molecule has 1 aromatic carbocycles. The molecule has 0 aliphatic rings. The van der Waals surface area contributed by atoms with Crippen molar-refractivity contribution in [3.8, 4) is 0 Å². The summed E-state index contributed by atoms with van der Waals surface area (Å²) in [5.74, 6) is 0.869. The molecule has 0 unspecified atom stereocenters. The molecule has 2 nitrogen and oxygen atoms in total. The molecule has 0 radical (unpaired) electrons. The number of aromatic nitrogens is 1. The smallest absolute Gasteiger partial charge is 0.132 e. The third-order valence-corrected chi connectivity index (χ3v) is 3.85. The van der Waals surface area contributed by atoms with E-state index in [1.165, 1.54) is 5.56 Å². The van der Waals surface area contributed by atoms with E-state index < -0.39 is 5.60 Å². The topological polar surface area (TPSA) is 33.1 Å². The van der Waals surface area contributed by atoms with E-state index in [0.29, 0.717) is 18.3 Å². The molecular formula is C19H25NO. The summed E-state index contributed by atoms with van der Waals surface area (Å²) in [5, 5.41) is 11.3. The highest BCUT2D eigenvalue weighted by molar-refractivity contribution is 5.35. The zero-order chi connectivity index (χ0) is 15.5. The first-order valence-corrected chi connectivity index (χ1v) is 7.68. The van der Waals surface area contributed by atoms with Crippen LogP contribution in [0, 0.1) is 5.92 Å². The third-order valence-electron chi connectivity index (χ3n) is 3.85. The van der Waals surface area contributed by atoms with Crippen molar-refractivity contribution >= 4 is 0 Å². The second-order valence-electron chi connectivity index (χ2n) is 6.45. The third kappa shape index (κ3) is 3.51. The summed E-state index contributed by atoms with van der Waals surface area (Å²) in [5.41, 5.74) is 1.90. The molecule has 1 atom stereocenters. The summed E-state index contributed by atoms with van der Waals surface area (Å²) in [7, 11) is 0. The van der Waals surface area contributed by atoms with E-state index in [9.17, 15) is 5.11 Å². The lowest BCUT2D eigenvalue weighted by Gasteiger charge is -2.30. The number of hydrogen-bond donors (Lipinski definition) is 1. The second-order valence-corrected chi connectivity index (χ2v) is 6.45. The minimum absolute atomic E-state index is 0.377. The second kappa shape index (κ2) is 6.40. The summed E-state index contributed by atoms with van der Waals surface area (Å²) >= 11 is 0. The number of rotatable bonds is 5. The van der Waals surface area contributed by atoms with Gasteiger partial charge in [0.2, 0.25) is 0 Å². The number of nitrogens with zero attached hydrogens (tertiary/aromatic N) is 1. The molecule has 0 amide bonds. The van der Waals surface area contributed by atoms with Gasteiger partial charge in [0.25, 0.3) is 0 Å². The van der Waals surface area contributed by atoms with Crippen molar-refractivity contribution < 1.29 is 5.11 Å². The van der Waals surface area contributed by atoms with Crippen molar-refractivity contribution in [3.63, 3.8) is 0 Å². The van der Waals surface area contributed by atoms with Gasteiger partial charge >= 0.3 is 0 Å². The van der Waals surface area contributed by atoms with Crippen molar-refractivity contribution in [2.45, 2.75) is 45.6 Å². The molecule has 1 aromatic heterocycles. The fourth-order valence-corrected chi connectivity index (χ4v) is 2.71. The van der Waals surface area contributed by atoms with Crippen molar-refractivity contribution in [2.75, 3.05) is 0 Å². The largest absolute Gasteiger partial charge is 0.379 e. The molecule has 0 saturated heterocycles. The van der Waals surface area contributed by atoms with Crippen LogP contribution < -0.4 is 0 Å². The molecule has 0 saturated carbocycles. The number of pyridine rings is 1. The van der Waals surface area contributed by atoms with Crippen LogP contribution in [0.5, 0.6) is 0 Å². The van der Waals surface area contributed by atoms with Gasteiger partial charge in [0.1, 0.15) is 5.60 Å². The average molecular weight is 283 g/mol. The van der Waals surface area contributed by atoms with Crippen molar-refractivity contribution in [3.05, 3.63) is 65.5 Å². The molecule has 0 aliphatic carbocycles. The molecule has 2 heteroatoms. The van der Waals surface area contributed by atoms with E-state index in [0.717, 1.165) is 11.3 Å². The normalized spacial score (nSPS) is 14.4. The highest BCUT2D eigenvalue weighted by Gasteiger charge is 2.33. The van der Waals surface area contributed by atoms with Crippen LogP contribution in [0.3, 0.4) is 0 Å². The Labute approximate surface area is 127 Å². The first-order valence-electron chi connectivity index (χ1n) is 7.68. The van der Waals surface area contributed by atoms with Crippen LogP contribution >= 0.6 is 0 Å². The van der Waals surface area contributed by atoms with Crippen LogP contribution in [0.25, 0.3) is 0 Å². The van der Waals surface area contributed by atoms with E-state index in [-0.39, 0.29) is 0 Å². The van der Waals surface area contributed by atoms with Gasteiger partial charge in [0.05, 0.1) is 5.69 Å². The minimum atomic E-state index is -1.02. The molecule has 0 aliphatic heterocycles. The van der Waals surface area contributed by atoms with Crippen LogP contribution in [-0.4, -0.2) is 10.1 Å². The van der Waals surface area contributed by atoms with Crippen molar-refractivity contribution in [1.29, 1.82) is 0 Å². The first kappa shape index (κ1) is 15.7. The van der Waals surface area contributed by atoms with E-state index >= 15 is 0 Å². The predicted octanol–water partition coefficient (Wildman–Crippen LogP) is 4.49. The van der Waals surface area contributed by atoms with Crippen LogP contribution in [0.4, 0.5) is 0 Å². The zero-order valence-corrected chi connectivity index (χ0v) is 13.4. The van der Waals surface area contributed by atoms with Gasteiger partial charge in [-0.1, -0.05) is 58.0 Å². The summed E-state index contributed by atoms with van der Waals surface area (Å²) in [6, 6.07) is 14.0. The number of benzene rings is 1. The molecule has 1 N–H and O–H groups in total.